The maximum Gasteiger partial charge on any atom is 0.241 e. The lowest BCUT2D eigenvalue weighted by Crippen LogP contribution is -2.36. The maximum atomic E-state index is 12.9. The lowest BCUT2D eigenvalue weighted by Gasteiger charge is -2.26. The van der Waals surface area contributed by atoms with E-state index in [1.807, 2.05) is 67.6 Å². The van der Waals surface area contributed by atoms with Gasteiger partial charge in [0.2, 0.25) is 10.0 Å². The molecule has 0 fully saturated rings. The van der Waals surface area contributed by atoms with Gasteiger partial charge in [0.15, 0.2) is 0 Å². The van der Waals surface area contributed by atoms with Crippen molar-refractivity contribution in [1.29, 1.82) is 0 Å². The van der Waals surface area contributed by atoms with E-state index in [1.54, 1.807) is 24.3 Å². The van der Waals surface area contributed by atoms with E-state index in [4.69, 9.17) is 5.73 Å². The Hall–Kier alpha value is -2.47. The molecule has 4 nitrogen and oxygen atoms in total. The highest BCUT2D eigenvalue weighted by atomic mass is 32.2. The Morgan fingerprint density at radius 2 is 1.27 bits per heavy atom. The summed E-state index contributed by atoms with van der Waals surface area (Å²) in [5, 5.41) is 0. The second-order valence-corrected chi connectivity index (χ2v) is 7.97. The van der Waals surface area contributed by atoms with Crippen molar-refractivity contribution in [1.82, 2.24) is 4.72 Å². The van der Waals surface area contributed by atoms with Crippen LogP contribution in [-0.4, -0.2) is 8.42 Å². The SMILES string of the molecule is Cc1ccc(S(=O)(=O)N[C@H](c2ccccc2)[C@@H](N)c2ccccc2)cc1. The molecule has 0 spiro atoms. The first-order valence-corrected chi connectivity index (χ1v) is 9.90. The molecule has 26 heavy (non-hydrogen) atoms. The van der Waals surface area contributed by atoms with Crippen molar-refractivity contribution in [3.8, 4) is 0 Å². The van der Waals surface area contributed by atoms with E-state index < -0.39 is 22.1 Å². The van der Waals surface area contributed by atoms with E-state index >= 15 is 0 Å². The molecule has 0 saturated heterocycles. The van der Waals surface area contributed by atoms with Crippen LogP contribution in [-0.2, 0) is 10.0 Å². The summed E-state index contributed by atoms with van der Waals surface area (Å²) in [7, 11) is -3.71. The zero-order valence-electron chi connectivity index (χ0n) is 14.5. The summed E-state index contributed by atoms with van der Waals surface area (Å²) in [6.07, 6.45) is 0. The number of benzene rings is 3. The highest BCUT2D eigenvalue weighted by Gasteiger charge is 2.27. The predicted molar refractivity (Wildman–Crippen MR) is 104 cm³/mol. The molecule has 3 aromatic rings. The van der Waals surface area contributed by atoms with E-state index in [1.165, 1.54) is 0 Å². The Kier molecular flexibility index (Phi) is 5.52. The molecule has 0 unspecified atom stereocenters. The minimum atomic E-state index is -3.71. The van der Waals surface area contributed by atoms with Crippen molar-refractivity contribution in [2.24, 2.45) is 5.73 Å². The highest BCUT2D eigenvalue weighted by molar-refractivity contribution is 7.89. The average Bonchev–Trinajstić information content (AvgIpc) is 2.67. The van der Waals surface area contributed by atoms with Gasteiger partial charge in [0.1, 0.15) is 0 Å². The first-order chi connectivity index (χ1) is 12.5. The Labute approximate surface area is 154 Å². The van der Waals surface area contributed by atoms with Gasteiger partial charge >= 0.3 is 0 Å². The quantitative estimate of drug-likeness (QED) is 0.698. The van der Waals surface area contributed by atoms with Gasteiger partial charge in [-0.05, 0) is 30.2 Å². The highest BCUT2D eigenvalue weighted by Crippen LogP contribution is 2.28. The Balaban J connectivity index is 1.97. The molecule has 0 heterocycles. The number of hydrogen-bond acceptors (Lipinski definition) is 3. The van der Waals surface area contributed by atoms with Crippen molar-refractivity contribution >= 4 is 10.0 Å². The molecule has 0 aliphatic carbocycles. The van der Waals surface area contributed by atoms with Crippen LogP contribution in [0, 0.1) is 6.92 Å². The van der Waals surface area contributed by atoms with Crippen molar-refractivity contribution in [2.45, 2.75) is 23.9 Å². The van der Waals surface area contributed by atoms with Gasteiger partial charge in [0.25, 0.3) is 0 Å². The Bertz CT molecular complexity index is 940. The fourth-order valence-corrected chi connectivity index (χ4v) is 4.08. The normalized spacial score (nSPS) is 13.9. The van der Waals surface area contributed by atoms with Crippen molar-refractivity contribution in [2.75, 3.05) is 0 Å². The predicted octanol–water partition coefficient (Wildman–Crippen LogP) is 3.71. The molecule has 0 aliphatic heterocycles. The largest absolute Gasteiger partial charge is 0.322 e. The summed E-state index contributed by atoms with van der Waals surface area (Å²) in [4.78, 5) is 0.226. The summed E-state index contributed by atoms with van der Waals surface area (Å²) in [5.74, 6) is 0. The minimum absolute atomic E-state index is 0.226. The molecule has 0 bridgehead atoms. The standard InChI is InChI=1S/C21H22N2O2S/c1-16-12-14-19(15-13-16)26(24,25)23-21(18-10-6-3-7-11-18)20(22)17-8-4-2-5-9-17/h2-15,20-21,23H,22H2,1H3/t20-,21+/m0/s1. The molecule has 0 radical (unpaired) electrons. The topological polar surface area (TPSA) is 72.2 Å². The maximum absolute atomic E-state index is 12.9. The fourth-order valence-electron chi connectivity index (χ4n) is 2.83. The molecule has 2 atom stereocenters. The van der Waals surface area contributed by atoms with E-state index in [-0.39, 0.29) is 4.90 Å². The van der Waals surface area contributed by atoms with Gasteiger partial charge in [-0.2, -0.15) is 0 Å². The Morgan fingerprint density at radius 1 is 0.769 bits per heavy atom. The molecule has 0 saturated carbocycles. The second-order valence-electron chi connectivity index (χ2n) is 6.26. The summed E-state index contributed by atoms with van der Waals surface area (Å²) in [5.41, 5.74) is 9.15. The molecule has 0 amide bonds. The van der Waals surface area contributed by atoms with Crippen LogP contribution in [0.4, 0.5) is 0 Å². The molecule has 0 aromatic heterocycles. The number of nitrogens with one attached hydrogen (secondary N) is 1. The fraction of sp³-hybridized carbons (Fsp3) is 0.143. The zero-order chi connectivity index (χ0) is 18.6. The lowest BCUT2D eigenvalue weighted by molar-refractivity contribution is 0.504. The van der Waals surface area contributed by atoms with Crippen LogP contribution in [0.1, 0.15) is 28.8 Å². The van der Waals surface area contributed by atoms with Crippen molar-refractivity contribution < 1.29 is 8.42 Å². The van der Waals surface area contributed by atoms with Gasteiger partial charge in [0, 0.05) is 0 Å². The van der Waals surface area contributed by atoms with Gasteiger partial charge in [0.05, 0.1) is 17.0 Å². The molecule has 3 N–H and O–H groups in total. The van der Waals surface area contributed by atoms with E-state index in [2.05, 4.69) is 4.72 Å². The first kappa shape index (κ1) is 18.3. The third-order valence-electron chi connectivity index (χ3n) is 4.32. The third-order valence-corrected chi connectivity index (χ3v) is 5.77. The molecule has 3 rings (SSSR count). The molecular weight excluding hydrogens is 344 g/mol. The summed E-state index contributed by atoms with van der Waals surface area (Å²) >= 11 is 0. The van der Waals surface area contributed by atoms with Crippen LogP contribution in [0.15, 0.2) is 89.8 Å². The van der Waals surface area contributed by atoms with Crippen LogP contribution >= 0.6 is 0 Å². The van der Waals surface area contributed by atoms with Crippen molar-refractivity contribution in [3.63, 3.8) is 0 Å². The third kappa shape index (κ3) is 4.19. The number of rotatable bonds is 6. The number of nitrogens with two attached hydrogens (primary N) is 1. The van der Waals surface area contributed by atoms with E-state index in [0.717, 1.165) is 16.7 Å². The van der Waals surface area contributed by atoms with Gasteiger partial charge in [-0.3, -0.25) is 0 Å². The van der Waals surface area contributed by atoms with Gasteiger partial charge in [-0.15, -0.1) is 0 Å². The molecule has 5 heteroatoms. The number of aryl methyl sites for hydroxylation is 1. The van der Waals surface area contributed by atoms with Gasteiger partial charge in [-0.25, -0.2) is 13.1 Å². The summed E-state index contributed by atoms with van der Waals surface area (Å²) in [6, 6.07) is 24.6. The van der Waals surface area contributed by atoms with Gasteiger partial charge < -0.3 is 5.73 Å². The van der Waals surface area contributed by atoms with Crippen LogP contribution in [0.3, 0.4) is 0 Å². The summed E-state index contributed by atoms with van der Waals surface area (Å²) < 4.78 is 28.6. The van der Waals surface area contributed by atoms with Crippen LogP contribution in [0.5, 0.6) is 0 Å². The second kappa shape index (κ2) is 7.83. The molecular formula is C21H22N2O2S. The molecule has 134 valence electrons. The molecule has 3 aromatic carbocycles. The van der Waals surface area contributed by atoms with Crippen molar-refractivity contribution in [3.05, 3.63) is 102 Å². The van der Waals surface area contributed by atoms with E-state index in [0.29, 0.717) is 0 Å². The first-order valence-electron chi connectivity index (χ1n) is 8.42. The lowest BCUT2D eigenvalue weighted by atomic mass is 9.95. The molecule has 0 aliphatic rings. The van der Waals surface area contributed by atoms with E-state index in [9.17, 15) is 8.42 Å². The smallest absolute Gasteiger partial charge is 0.241 e. The summed E-state index contributed by atoms with van der Waals surface area (Å²) in [6.45, 7) is 1.92. The van der Waals surface area contributed by atoms with Gasteiger partial charge in [-0.1, -0.05) is 78.4 Å². The number of hydrogen-bond donors (Lipinski definition) is 2. The van der Waals surface area contributed by atoms with Crippen LogP contribution in [0.25, 0.3) is 0 Å². The Morgan fingerprint density at radius 3 is 1.81 bits per heavy atom. The monoisotopic (exact) mass is 366 g/mol. The van der Waals surface area contributed by atoms with Crippen LogP contribution < -0.4 is 10.5 Å². The minimum Gasteiger partial charge on any atom is -0.322 e. The zero-order valence-corrected chi connectivity index (χ0v) is 15.4. The van der Waals surface area contributed by atoms with Crippen LogP contribution in [0.2, 0.25) is 0 Å². The number of sulfonamides is 1. The average molecular weight is 366 g/mol.